The van der Waals surface area contributed by atoms with Gasteiger partial charge in [-0.25, -0.2) is 54.0 Å². The Labute approximate surface area is 437 Å². The second-order valence-corrected chi connectivity index (χ2v) is 23.1. The number of sulfone groups is 2. The third kappa shape index (κ3) is 12.7. The van der Waals surface area contributed by atoms with Crippen LogP contribution in [0.4, 0.5) is 17.6 Å². The number of aryl methyl sites for hydroxylation is 1. The first kappa shape index (κ1) is 56.4. The number of hydrogen-bond donors (Lipinski definition) is 3. The lowest BCUT2D eigenvalue weighted by Gasteiger charge is -2.26. The molecule has 0 radical (unpaired) electrons. The van der Waals surface area contributed by atoms with E-state index in [9.17, 15) is 58.7 Å². The highest BCUT2D eigenvalue weighted by atomic mass is 35.6. The van der Waals surface area contributed by atoms with Crippen molar-refractivity contribution in [2.75, 3.05) is 0 Å². The average Bonchev–Trinajstić information content (AvgIpc) is 3.22. The molecule has 2 aliphatic carbocycles. The first-order chi connectivity index (χ1) is 33.7. The third-order valence-corrected chi connectivity index (χ3v) is 16.2. The van der Waals surface area contributed by atoms with Crippen molar-refractivity contribution < 1.29 is 49.0 Å². The van der Waals surface area contributed by atoms with Crippen LogP contribution in [0.2, 0.25) is 20.1 Å². The summed E-state index contributed by atoms with van der Waals surface area (Å²) in [5, 5.41) is 15.0. The van der Waals surface area contributed by atoms with Gasteiger partial charge < -0.3 is 14.6 Å². The van der Waals surface area contributed by atoms with Crippen LogP contribution in [0.3, 0.4) is 0 Å². The Morgan fingerprint density at radius 1 is 0.639 bits per heavy atom. The molecule has 0 unspecified atom stereocenters. The number of H-pyrrole nitrogens is 2. The van der Waals surface area contributed by atoms with E-state index in [1.807, 2.05) is 0 Å². The summed E-state index contributed by atoms with van der Waals surface area (Å²) in [5.74, 6) is -1.16. The molecule has 3 N–H and O–H groups in total. The van der Waals surface area contributed by atoms with E-state index in [0.29, 0.717) is 40.6 Å². The average molecular weight is 1190 g/mol. The minimum atomic E-state index is -3.80. The van der Waals surface area contributed by atoms with Crippen molar-refractivity contribution in [3.63, 3.8) is 0 Å². The number of ether oxygens (including phenoxy) is 2. The van der Waals surface area contributed by atoms with Gasteiger partial charge in [0.05, 0.1) is 53.1 Å². The van der Waals surface area contributed by atoms with Gasteiger partial charge in [-0.05, 0) is 62.4 Å². The van der Waals surface area contributed by atoms with Crippen molar-refractivity contribution in [2.24, 2.45) is 0 Å². The summed E-state index contributed by atoms with van der Waals surface area (Å²) in [5.41, 5.74) is -6.98. The molecule has 0 spiro atoms. The number of nitrogens with zero attached hydrogens (tertiary/aromatic N) is 6. The first-order valence-corrected chi connectivity index (χ1v) is 26.1. The molecule has 2 aliphatic rings. The summed E-state index contributed by atoms with van der Waals surface area (Å²) < 4.78 is 115. The van der Waals surface area contributed by atoms with Gasteiger partial charge in [0.2, 0.25) is 11.8 Å². The molecule has 6 aromatic rings. The van der Waals surface area contributed by atoms with Crippen LogP contribution in [0.25, 0.3) is 11.4 Å². The maximum atomic E-state index is 13.0. The molecule has 0 amide bonds. The molecule has 0 atom stereocenters. The standard InChI is InChI=1S/C20H16Cl2F2N4O5S.C19H14Cl2F2N4O6S.BCl3/c1-9-8-25-15(7-14(9)34(31,32)11-3-2-4-11)33-17-12(21)5-10(6-13(17)22)28-20(30)26-19(29)16(27-28)18(23)24;20-10-4-8(27-19(30)25-18(29)15(26-27)17(22)23)5-11(21)16(10)33-14-6-13(12(28)7-24-14)34(31,32)9-2-1-3-9;2-1(3)4/h5-8,11,18H,2-4H2,1H3,(H,26,29,30);4-7,9,17,28H,1-3H2,(H,25,29,30);. The molecule has 0 saturated heterocycles. The zero-order chi connectivity index (χ0) is 53.1. The van der Waals surface area contributed by atoms with Crippen LogP contribution in [0.15, 0.2) is 77.8 Å². The summed E-state index contributed by atoms with van der Waals surface area (Å²) in [6, 6.07) is 6.85. The van der Waals surface area contributed by atoms with Gasteiger partial charge in [0, 0.05) is 18.3 Å². The predicted octanol–water partition coefficient (Wildman–Crippen LogP) is 9.06. The van der Waals surface area contributed by atoms with Crippen molar-refractivity contribution >= 4 is 105 Å². The topological polar surface area (TPSA) is 268 Å². The van der Waals surface area contributed by atoms with Crippen LogP contribution in [0.5, 0.6) is 29.0 Å². The third-order valence-electron chi connectivity index (χ3n) is 10.4. The van der Waals surface area contributed by atoms with Crippen molar-refractivity contribution in [2.45, 2.75) is 78.6 Å². The highest BCUT2D eigenvalue weighted by molar-refractivity contribution is 7.92. The molecule has 33 heteroatoms. The number of nitrogens with one attached hydrogen (secondary N) is 2. The summed E-state index contributed by atoms with van der Waals surface area (Å²) in [4.78, 5) is 57.5. The lowest BCUT2D eigenvalue weighted by Crippen LogP contribution is -2.34. The largest absolute Gasteiger partial charge is 0.505 e. The van der Waals surface area contributed by atoms with Crippen molar-refractivity contribution in [1.82, 2.24) is 39.5 Å². The SMILES string of the molecule is Cc1cnc(Oc2c(Cl)cc(-n3nc(C(F)F)c(=O)[nH]c3=O)cc2Cl)cc1S(=O)(=O)C1CCC1.ClB(Cl)Cl.O=c1[nH]c(=O)n(-c2cc(Cl)c(Oc3cc(S(=O)(=O)C4CCC4)c(O)cn3)c(Cl)c2)nc1C(F)F. The summed E-state index contributed by atoms with van der Waals surface area (Å²) in [6.45, 7) is 1.62. The fourth-order valence-electron chi connectivity index (χ4n) is 6.47. The molecule has 19 nitrogen and oxygen atoms in total. The van der Waals surface area contributed by atoms with Gasteiger partial charge in [-0.2, -0.15) is 53.9 Å². The van der Waals surface area contributed by atoms with E-state index in [2.05, 4.69) is 20.2 Å². The number of aromatic nitrogens is 8. The van der Waals surface area contributed by atoms with Gasteiger partial charge in [-0.1, -0.05) is 59.2 Å². The minimum Gasteiger partial charge on any atom is -0.505 e. The van der Waals surface area contributed by atoms with Crippen LogP contribution < -0.4 is 32.0 Å². The first-order valence-electron chi connectivity index (χ1n) is 20.1. The lowest BCUT2D eigenvalue weighted by atomic mass is 10.00. The number of halogens is 11. The van der Waals surface area contributed by atoms with Gasteiger partial charge in [0.15, 0.2) is 48.3 Å². The minimum absolute atomic E-state index is 0.0839. The van der Waals surface area contributed by atoms with Crippen LogP contribution in [0.1, 0.15) is 68.3 Å². The summed E-state index contributed by atoms with van der Waals surface area (Å²) in [7, 11) is -7.36. The molecule has 2 fully saturated rings. The smallest absolute Gasteiger partial charge is 0.450 e. The molecule has 4 heterocycles. The van der Waals surface area contributed by atoms with Gasteiger partial charge in [-0.15, -0.1) is 0 Å². The van der Waals surface area contributed by atoms with Crippen LogP contribution in [-0.4, -0.2) is 76.9 Å². The van der Waals surface area contributed by atoms with Crippen LogP contribution >= 0.6 is 80.8 Å². The van der Waals surface area contributed by atoms with Crippen molar-refractivity contribution in [3.8, 4) is 40.4 Å². The number of rotatable bonds is 12. The molecule has 2 saturated carbocycles. The van der Waals surface area contributed by atoms with E-state index < -0.39 is 87.6 Å². The Balaban J connectivity index is 0.000000219. The van der Waals surface area contributed by atoms with Crippen LogP contribution in [0, 0.1) is 6.92 Å². The number of aromatic amines is 2. The number of hydrogen-bond acceptors (Lipinski definition) is 15. The van der Waals surface area contributed by atoms with Crippen molar-refractivity contribution in [3.05, 3.63) is 128 Å². The second kappa shape index (κ2) is 23.1. The normalized spacial score (nSPS) is 13.9. The van der Waals surface area contributed by atoms with E-state index in [1.165, 1.54) is 12.3 Å². The monoisotopic (exact) mass is 1180 g/mol. The second-order valence-electron chi connectivity index (χ2n) is 15.1. The van der Waals surface area contributed by atoms with E-state index in [1.54, 1.807) is 16.9 Å². The molecule has 72 heavy (non-hydrogen) atoms. The maximum absolute atomic E-state index is 13.0. The molecule has 384 valence electrons. The fourth-order valence-corrected chi connectivity index (χ4v) is 11.6. The van der Waals surface area contributed by atoms with E-state index >= 15 is 0 Å². The molecule has 8 rings (SSSR count). The highest BCUT2D eigenvalue weighted by Gasteiger charge is 2.36. The van der Waals surface area contributed by atoms with E-state index in [0.717, 1.165) is 49.4 Å². The molecule has 0 bridgehead atoms. The maximum Gasteiger partial charge on any atom is 0.450 e. The van der Waals surface area contributed by atoms with Crippen LogP contribution in [-0.2, 0) is 19.7 Å². The molecule has 2 aromatic carbocycles. The molecular weight excluding hydrogens is 1160 g/mol. The van der Waals surface area contributed by atoms with E-state index in [-0.39, 0.29) is 64.5 Å². The molecule has 4 aromatic heterocycles. The lowest BCUT2D eigenvalue weighted by molar-refractivity contribution is 0.141. The zero-order valence-electron chi connectivity index (χ0n) is 35.9. The van der Waals surface area contributed by atoms with Crippen molar-refractivity contribution in [1.29, 1.82) is 0 Å². The zero-order valence-corrected chi connectivity index (χ0v) is 42.9. The number of pyridine rings is 2. The molecular formula is C39H30BCl7F4N8O11S2. The van der Waals surface area contributed by atoms with Gasteiger partial charge >= 0.3 is 16.3 Å². The van der Waals surface area contributed by atoms with Gasteiger partial charge in [0.1, 0.15) is 4.90 Å². The Morgan fingerprint density at radius 2 is 0.986 bits per heavy atom. The van der Waals surface area contributed by atoms with Gasteiger partial charge in [0.25, 0.3) is 24.0 Å². The predicted molar refractivity (Wildman–Crippen MR) is 259 cm³/mol. The summed E-state index contributed by atoms with van der Waals surface area (Å²) >= 11 is 39.3. The Morgan fingerprint density at radius 3 is 1.33 bits per heavy atom. The van der Waals surface area contributed by atoms with E-state index in [4.69, 9.17) is 90.3 Å². The Hall–Kier alpha value is -4.93. The fraction of sp³-hybridized carbons (Fsp3) is 0.282. The Kier molecular flexibility index (Phi) is 18.1. The highest BCUT2D eigenvalue weighted by Crippen LogP contribution is 2.42. The quantitative estimate of drug-likeness (QED) is 0.0762. The molecule has 0 aliphatic heterocycles. The Bertz CT molecular complexity index is 3260. The number of aromatic hydroxyl groups is 1. The number of benzene rings is 2. The summed E-state index contributed by atoms with van der Waals surface area (Å²) in [6.07, 6.45) is -0.452. The number of alkyl halides is 4. The van der Waals surface area contributed by atoms with Gasteiger partial charge in [-0.3, -0.25) is 19.6 Å².